The normalized spacial score (nSPS) is 19.0. The molecule has 0 amide bonds. The van der Waals surface area contributed by atoms with E-state index < -0.39 is 6.10 Å². The first-order valence-corrected chi connectivity index (χ1v) is 6.08. The van der Waals surface area contributed by atoms with Gasteiger partial charge in [-0.1, -0.05) is 22.0 Å². The predicted octanol–water partition coefficient (Wildman–Crippen LogP) is 2.63. The summed E-state index contributed by atoms with van der Waals surface area (Å²) < 4.78 is 11.5. The Kier molecular flexibility index (Phi) is 3.61. The maximum Gasteiger partial charge on any atom is 0.339 e. The molecule has 2 rings (SSSR count). The average Bonchev–Trinajstić information content (AvgIpc) is 2.28. The highest BCUT2D eigenvalue weighted by atomic mass is 79.9. The zero-order valence-electron chi connectivity index (χ0n) is 9.03. The molecular formula is C12H13BrO3. The van der Waals surface area contributed by atoms with Gasteiger partial charge in [-0.15, -0.1) is 0 Å². The first-order chi connectivity index (χ1) is 7.72. The maximum atomic E-state index is 11.7. The molecular weight excluding hydrogens is 272 g/mol. The number of benzene rings is 1. The zero-order chi connectivity index (χ0) is 11.5. The van der Waals surface area contributed by atoms with Gasteiger partial charge in [-0.3, -0.25) is 0 Å². The monoisotopic (exact) mass is 284 g/mol. The van der Waals surface area contributed by atoms with Gasteiger partial charge in [-0.2, -0.15) is 0 Å². The van der Waals surface area contributed by atoms with Crippen LogP contribution in [0.5, 0.6) is 0 Å². The van der Waals surface area contributed by atoms with E-state index in [0.717, 1.165) is 22.0 Å². The number of hydrogen-bond acceptors (Lipinski definition) is 3. The van der Waals surface area contributed by atoms with E-state index in [9.17, 15) is 4.79 Å². The molecule has 1 aliphatic rings. The molecule has 1 heterocycles. The minimum Gasteiger partial charge on any atom is -0.464 e. The lowest BCUT2D eigenvalue weighted by atomic mass is 9.98. The van der Waals surface area contributed by atoms with Gasteiger partial charge in [0.15, 0.2) is 6.10 Å². The second kappa shape index (κ2) is 4.97. The molecule has 0 fully saturated rings. The molecule has 1 unspecified atom stereocenters. The summed E-state index contributed by atoms with van der Waals surface area (Å²) in [7, 11) is 0. The van der Waals surface area contributed by atoms with Crippen molar-refractivity contribution in [3.8, 4) is 0 Å². The molecule has 1 aromatic rings. The fourth-order valence-corrected chi connectivity index (χ4v) is 2.24. The fraction of sp³-hybridized carbons (Fsp3) is 0.417. The van der Waals surface area contributed by atoms with Gasteiger partial charge in [-0.05, 0) is 36.6 Å². The third-order valence-electron chi connectivity index (χ3n) is 2.54. The summed E-state index contributed by atoms with van der Waals surface area (Å²) in [6.45, 7) is 2.74. The van der Waals surface area contributed by atoms with Gasteiger partial charge in [0.05, 0.1) is 13.2 Å². The van der Waals surface area contributed by atoms with Crippen molar-refractivity contribution in [1.82, 2.24) is 0 Å². The second-order valence-corrected chi connectivity index (χ2v) is 4.51. The number of fused-ring (bicyclic) bond motifs is 1. The molecule has 4 heteroatoms. The average molecular weight is 285 g/mol. The minimum atomic E-state index is -0.559. The molecule has 0 aromatic heterocycles. The van der Waals surface area contributed by atoms with Crippen molar-refractivity contribution in [2.45, 2.75) is 19.4 Å². The topological polar surface area (TPSA) is 35.5 Å². The van der Waals surface area contributed by atoms with Crippen LogP contribution in [0.2, 0.25) is 0 Å². The molecule has 0 radical (unpaired) electrons. The van der Waals surface area contributed by atoms with Crippen LogP contribution < -0.4 is 0 Å². The van der Waals surface area contributed by atoms with Gasteiger partial charge < -0.3 is 9.47 Å². The van der Waals surface area contributed by atoms with Crippen molar-refractivity contribution in [3.63, 3.8) is 0 Å². The summed E-state index contributed by atoms with van der Waals surface area (Å²) >= 11 is 3.42. The number of rotatable bonds is 2. The van der Waals surface area contributed by atoms with Crippen LogP contribution in [0.15, 0.2) is 22.7 Å². The van der Waals surface area contributed by atoms with Crippen LogP contribution in [-0.4, -0.2) is 19.2 Å². The standard InChI is InChI=1S/C12H13BrO3/c1-2-15-12(14)11-10-4-3-9(13)7-8(10)5-6-16-11/h3-4,7,11H,2,5-6H2,1H3. The molecule has 86 valence electrons. The van der Waals surface area contributed by atoms with Gasteiger partial charge in [0.1, 0.15) is 0 Å². The highest BCUT2D eigenvalue weighted by Crippen LogP contribution is 2.30. The first-order valence-electron chi connectivity index (χ1n) is 5.29. The molecule has 0 saturated heterocycles. The number of carbonyl (C=O) groups is 1. The van der Waals surface area contributed by atoms with E-state index in [0.29, 0.717) is 13.2 Å². The van der Waals surface area contributed by atoms with Crippen molar-refractivity contribution < 1.29 is 14.3 Å². The van der Waals surface area contributed by atoms with Crippen LogP contribution in [0.4, 0.5) is 0 Å². The van der Waals surface area contributed by atoms with Gasteiger partial charge in [0, 0.05) is 4.47 Å². The second-order valence-electron chi connectivity index (χ2n) is 3.60. The molecule has 0 bridgehead atoms. The zero-order valence-corrected chi connectivity index (χ0v) is 10.6. The van der Waals surface area contributed by atoms with Gasteiger partial charge in [0.25, 0.3) is 0 Å². The van der Waals surface area contributed by atoms with Crippen molar-refractivity contribution in [3.05, 3.63) is 33.8 Å². The van der Waals surface area contributed by atoms with E-state index in [1.807, 2.05) is 18.2 Å². The Morgan fingerprint density at radius 2 is 2.44 bits per heavy atom. The van der Waals surface area contributed by atoms with Crippen LogP contribution in [0.3, 0.4) is 0 Å². The molecule has 1 aliphatic heterocycles. The van der Waals surface area contributed by atoms with Crippen LogP contribution >= 0.6 is 15.9 Å². The van der Waals surface area contributed by atoms with Crippen LogP contribution in [0.25, 0.3) is 0 Å². The maximum absolute atomic E-state index is 11.7. The van der Waals surface area contributed by atoms with Gasteiger partial charge >= 0.3 is 5.97 Å². The third-order valence-corrected chi connectivity index (χ3v) is 3.04. The summed E-state index contributed by atoms with van der Waals surface area (Å²) in [5.74, 6) is -0.300. The number of ether oxygens (including phenoxy) is 2. The Morgan fingerprint density at radius 3 is 3.19 bits per heavy atom. The molecule has 1 atom stereocenters. The van der Waals surface area contributed by atoms with E-state index >= 15 is 0 Å². The van der Waals surface area contributed by atoms with Gasteiger partial charge in [0.2, 0.25) is 0 Å². The van der Waals surface area contributed by atoms with Crippen LogP contribution in [0, 0.1) is 0 Å². The van der Waals surface area contributed by atoms with E-state index in [1.54, 1.807) is 6.92 Å². The Labute approximate surface area is 103 Å². The van der Waals surface area contributed by atoms with Crippen molar-refractivity contribution >= 4 is 21.9 Å². The third kappa shape index (κ3) is 2.28. The largest absolute Gasteiger partial charge is 0.464 e. The Balaban J connectivity index is 2.29. The van der Waals surface area contributed by atoms with E-state index in [4.69, 9.17) is 9.47 Å². The molecule has 0 spiro atoms. The number of hydrogen-bond donors (Lipinski definition) is 0. The fourth-order valence-electron chi connectivity index (χ4n) is 1.84. The molecule has 0 N–H and O–H groups in total. The first kappa shape index (κ1) is 11.6. The van der Waals surface area contributed by atoms with E-state index in [1.165, 1.54) is 0 Å². The van der Waals surface area contributed by atoms with Crippen molar-refractivity contribution in [2.75, 3.05) is 13.2 Å². The number of carbonyl (C=O) groups excluding carboxylic acids is 1. The predicted molar refractivity (Wildman–Crippen MR) is 63.2 cm³/mol. The highest BCUT2D eigenvalue weighted by Gasteiger charge is 2.28. The Hall–Kier alpha value is -0.870. The summed E-state index contributed by atoms with van der Waals surface area (Å²) in [5, 5.41) is 0. The lowest BCUT2D eigenvalue weighted by molar-refractivity contribution is -0.158. The molecule has 0 aliphatic carbocycles. The Morgan fingerprint density at radius 1 is 1.62 bits per heavy atom. The summed E-state index contributed by atoms with van der Waals surface area (Å²) in [6.07, 6.45) is 0.279. The van der Waals surface area contributed by atoms with E-state index in [-0.39, 0.29) is 5.97 Å². The summed E-state index contributed by atoms with van der Waals surface area (Å²) in [6, 6.07) is 5.87. The SMILES string of the molecule is CCOC(=O)C1OCCc2cc(Br)ccc21. The molecule has 3 nitrogen and oxygen atoms in total. The lowest BCUT2D eigenvalue weighted by Gasteiger charge is -2.24. The molecule has 16 heavy (non-hydrogen) atoms. The molecule has 0 saturated carbocycles. The van der Waals surface area contributed by atoms with E-state index in [2.05, 4.69) is 15.9 Å². The summed E-state index contributed by atoms with van der Waals surface area (Å²) in [5.41, 5.74) is 2.08. The number of halogens is 1. The van der Waals surface area contributed by atoms with Crippen molar-refractivity contribution in [1.29, 1.82) is 0 Å². The quantitative estimate of drug-likeness (QED) is 0.784. The number of esters is 1. The van der Waals surface area contributed by atoms with Crippen molar-refractivity contribution in [2.24, 2.45) is 0 Å². The summed E-state index contributed by atoms with van der Waals surface area (Å²) in [4.78, 5) is 11.7. The molecule has 1 aromatic carbocycles. The lowest BCUT2D eigenvalue weighted by Crippen LogP contribution is -2.25. The van der Waals surface area contributed by atoms with Gasteiger partial charge in [-0.25, -0.2) is 4.79 Å². The van der Waals surface area contributed by atoms with Crippen LogP contribution in [0.1, 0.15) is 24.2 Å². The Bertz CT molecular complexity index is 403. The minimum absolute atomic E-state index is 0.300. The smallest absolute Gasteiger partial charge is 0.339 e. The highest BCUT2D eigenvalue weighted by molar-refractivity contribution is 9.10. The van der Waals surface area contributed by atoms with Crippen LogP contribution in [-0.2, 0) is 20.7 Å².